The molecule has 1 heterocycles. The highest BCUT2D eigenvalue weighted by Gasteiger charge is 2.29. The fraction of sp³-hybridized carbons (Fsp3) is 0.500. The summed E-state index contributed by atoms with van der Waals surface area (Å²) < 4.78 is 40.6. The Bertz CT molecular complexity index is 661. The maximum absolute atomic E-state index is 13.5. The number of benzene rings is 1. The molecule has 5 nitrogen and oxygen atoms in total. The summed E-state index contributed by atoms with van der Waals surface area (Å²) in [6.07, 6.45) is 1.90. The minimum atomic E-state index is -3.90. The molecule has 0 saturated carbocycles. The van der Waals surface area contributed by atoms with E-state index in [1.165, 1.54) is 12.1 Å². The van der Waals surface area contributed by atoms with E-state index in [0.717, 1.165) is 32.0 Å². The molecule has 114 valence electrons. The largest absolute Gasteiger partial charge is 0.316 e. The van der Waals surface area contributed by atoms with E-state index in [1.807, 2.05) is 6.92 Å². The van der Waals surface area contributed by atoms with Crippen LogP contribution in [0.4, 0.5) is 4.39 Å². The molecule has 1 aliphatic rings. The van der Waals surface area contributed by atoms with Gasteiger partial charge in [-0.25, -0.2) is 17.5 Å². The molecule has 7 heteroatoms. The first-order chi connectivity index (χ1) is 9.88. The number of hydrogen-bond acceptors (Lipinski definition) is 4. The molecule has 0 spiro atoms. The number of nitrogens with zero attached hydrogens (tertiary/aromatic N) is 1. The predicted octanol–water partition coefficient (Wildman–Crippen LogP) is 1.37. The maximum atomic E-state index is 13.5. The third kappa shape index (κ3) is 3.59. The van der Waals surface area contributed by atoms with Crippen LogP contribution >= 0.6 is 0 Å². The average molecular weight is 311 g/mol. The van der Waals surface area contributed by atoms with Crippen LogP contribution in [-0.4, -0.2) is 28.1 Å². The standard InChI is InChI=1S/C14H18FN3O2S/c1-14(6-3-7-17-9-14)10-18-21(19,20)13-5-2-4-12(15)11(13)8-16/h2,4-5,17-18H,3,6-7,9-10H2,1H3. The summed E-state index contributed by atoms with van der Waals surface area (Å²) in [5.74, 6) is -0.828. The zero-order valence-corrected chi connectivity index (χ0v) is 12.6. The van der Waals surface area contributed by atoms with Gasteiger partial charge >= 0.3 is 0 Å². The van der Waals surface area contributed by atoms with Crippen molar-refractivity contribution in [3.05, 3.63) is 29.6 Å². The summed E-state index contributed by atoms with van der Waals surface area (Å²) in [6.45, 7) is 3.91. The van der Waals surface area contributed by atoms with Crippen molar-refractivity contribution in [2.24, 2.45) is 5.41 Å². The van der Waals surface area contributed by atoms with Crippen LogP contribution in [-0.2, 0) is 10.0 Å². The zero-order chi connectivity index (χ0) is 15.5. The van der Waals surface area contributed by atoms with Gasteiger partial charge in [0.05, 0.1) is 0 Å². The maximum Gasteiger partial charge on any atom is 0.242 e. The molecule has 2 N–H and O–H groups in total. The molecular weight excluding hydrogens is 293 g/mol. The minimum Gasteiger partial charge on any atom is -0.316 e. The van der Waals surface area contributed by atoms with Crippen LogP contribution in [0.1, 0.15) is 25.3 Å². The number of nitrogens with one attached hydrogen (secondary N) is 2. The van der Waals surface area contributed by atoms with Crippen molar-refractivity contribution in [3.63, 3.8) is 0 Å². The van der Waals surface area contributed by atoms with Gasteiger partial charge in [0.15, 0.2) is 0 Å². The van der Waals surface area contributed by atoms with Gasteiger partial charge in [-0.3, -0.25) is 0 Å². The van der Waals surface area contributed by atoms with Crippen LogP contribution in [0.2, 0.25) is 0 Å². The smallest absolute Gasteiger partial charge is 0.242 e. The average Bonchev–Trinajstić information content (AvgIpc) is 2.46. The van der Waals surface area contributed by atoms with Gasteiger partial charge in [-0.2, -0.15) is 5.26 Å². The molecule has 21 heavy (non-hydrogen) atoms. The summed E-state index contributed by atoms with van der Waals surface area (Å²) in [4.78, 5) is -0.308. The van der Waals surface area contributed by atoms with Gasteiger partial charge in [0.25, 0.3) is 0 Å². The van der Waals surface area contributed by atoms with Gasteiger partial charge in [0.2, 0.25) is 10.0 Å². The van der Waals surface area contributed by atoms with Crippen molar-refractivity contribution in [2.45, 2.75) is 24.7 Å². The summed E-state index contributed by atoms with van der Waals surface area (Å²) in [7, 11) is -3.90. The number of nitriles is 1. The molecule has 2 rings (SSSR count). The Balaban J connectivity index is 2.20. The molecule has 1 aromatic rings. The molecule has 0 aliphatic carbocycles. The molecular formula is C14H18FN3O2S. The molecule has 1 atom stereocenters. The first kappa shape index (κ1) is 15.9. The molecule has 1 fully saturated rings. The summed E-state index contributed by atoms with van der Waals surface area (Å²) in [5.41, 5.74) is -0.622. The quantitative estimate of drug-likeness (QED) is 0.880. The third-order valence-corrected chi connectivity index (χ3v) is 5.19. The van der Waals surface area contributed by atoms with E-state index in [0.29, 0.717) is 0 Å². The van der Waals surface area contributed by atoms with Gasteiger partial charge in [-0.05, 0) is 36.9 Å². The van der Waals surface area contributed by atoms with Crippen LogP contribution in [0.15, 0.2) is 23.1 Å². The van der Waals surface area contributed by atoms with Crippen LogP contribution < -0.4 is 10.0 Å². The van der Waals surface area contributed by atoms with E-state index in [2.05, 4.69) is 10.0 Å². The summed E-state index contributed by atoms with van der Waals surface area (Å²) in [5, 5.41) is 12.2. The van der Waals surface area contributed by atoms with Crippen LogP contribution in [0.3, 0.4) is 0 Å². The lowest BCUT2D eigenvalue weighted by Gasteiger charge is -2.34. The summed E-state index contributed by atoms with van der Waals surface area (Å²) >= 11 is 0. The molecule has 1 aliphatic heterocycles. The fourth-order valence-electron chi connectivity index (χ4n) is 2.45. The lowest BCUT2D eigenvalue weighted by molar-refractivity contribution is 0.238. The number of piperidine rings is 1. The summed E-state index contributed by atoms with van der Waals surface area (Å²) in [6, 6.07) is 5.21. The molecule has 0 aromatic heterocycles. The van der Waals surface area contributed by atoms with Crippen molar-refractivity contribution >= 4 is 10.0 Å². The normalized spacial score (nSPS) is 22.7. The van der Waals surface area contributed by atoms with Gasteiger partial charge in [-0.1, -0.05) is 13.0 Å². The second-order valence-corrected chi connectivity index (χ2v) is 7.38. The van der Waals surface area contributed by atoms with E-state index in [1.54, 1.807) is 6.07 Å². The first-order valence-corrected chi connectivity index (χ1v) is 8.25. The zero-order valence-electron chi connectivity index (χ0n) is 11.8. The van der Waals surface area contributed by atoms with Gasteiger partial charge in [0, 0.05) is 13.1 Å². The van der Waals surface area contributed by atoms with Crippen LogP contribution in [0.5, 0.6) is 0 Å². The van der Waals surface area contributed by atoms with Crippen LogP contribution in [0, 0.1) is 22.6 Å². The van der Waals surface area contributed by atoms with Gasteiger partial charge in [-0.15, -0.1) is 0 Å². The SMILES string of the molecule is CC1(CNS(=O)(=O)c2cccc(F)c2C#N)CCCNC1. The fourth-order valence-corrected chi connectivity index (χ4v) is 3.82. The van der Waals surface area contributed by atoms with Crippen molar-refractivity contribution in [1.29, 1.82) is 5.26 Å². The number of sulfonamides is 1. The van der Waals surface area contributed by atoms with Gasteiger partial charge < -0.3 is 5.32 Å². The van der Waals surface area contributed by atoms with Gasteiger partial charge in [0.1, 0.15) is 22.3 Å². The second kappa shape index (κ2) is 6.10. The number of halogens is 1. The Morgan fingerprint density at radius 2 is 2.29 bits per heavy atom. The molecule has 0 amide bonds. The minimum absolute atomic E-state index is 0.175. The third-order valence-electron chi connectivity index (χ3n) is 3.75. The van der Waals surface area contributed by atoms with E-state index >= 15 is 0 Å². The highest BCUT2D eigenvalue weighted by Crippen LogP contribution is 2.25. The van der Waals surface area contributed by atoms with Crippen molar-refractivity contribution < 1.29 is 12.8 Å². The monoisotopic (exact) mass is 311 g/mol. The van der Waals surface area contributed by atoms with Crippen molar-refractivity contribution in [3.8, 4) is 6.07 Å². The van der Waals surface area contributed by atoms with Crippen molar-refractivity contribution in [2.75, 3.05) is 19.6 Å². The molecule has 0 bridgehead atoms. The Morgan fingerprint density at radius 1 is 1.52 bits per heavy atom. The van der Waals surface area contributed by atoms with E-state index in [9.17, 15) is 12.8 Å². The van der Waals surface area contributed by atoms with E-state index < -0.39 is 21.4 Å². The van der Waals surface area contributed by atoms with Crippen LogP contribution in [0.25, 0.3) is 0 Å². The highest BCUT2D eigenvalue weighted by atomic mass is 32.2. The first-order valence-electron chi connectivity index (χ1n) is 6.77. The Kier molecular flexibility index (Phi) is 4.61. The Hall–Kier alpha value is -1.49. The van der Waals surface area contributed by atoms with Crippen molar-refractivity contribution in [1.82, 2.24) is 10.0 Å². The Morgan fingerprint density at radius 3 is 2.90 bits per heavy atom. The lowest BCUT2D eigenvalue weighted by Crippen LogP contribution is -2.45. The molecule has 1 saturated heterocycles. The number of hydrogen-bond donors (Lipinski definition) is 2. The number of rotatable bonds is 4. The topological polar surface area (TPSA) is 82.0 Å². The molecule has 1 aromatic carbocycles. The Labute approximate surface area is 124 Å². The van der Waals surface area contributed by atoms with E-state index in [-0.39, 0.29) is 16.9 Å². The highest BCUT2D eigenvalue weighted by molar-refractivity contribution is 7.89. The lowest BCUT2D eigenvalue weighted by atomic mass is 9.83. The molecule has 1 unspecified atom stereocenters. The predicted molar refractivity (Wildman–Crippen MR) is 76.5 cm³/mol. The second-order valence-electron chi connectivity index (χ2n) is 5.64. The van der Waals surface area contributed by atoms with E-state index in [4.69, 9.17) is 5.26 Å². The molecule has 0 radical (unpaired) electrons.